The third kappa shape index (κ3) is 2.31. The van der Waals surface area contributed by atoms with Crippen LogP contribution in [-0.2, 0) is 13.5 Å². The predicted molar refractivity (Wildman–Crippen MR) is 74.7 cm³/mol. The molecule has 2 rings (SSSR count). The summed E-state index contributed by atoms with van der Waals surface area (Å²) in [5.41, 5.74) is 5.07. The highest BCUT2D eigenvalue weighted by Gasteiger charge is 2.19. The standard InChI is InChI=1S/C15H21N3/c1-5-14-13(10-18(4)17-14)15(16-3)12-9-7-6-8-11(12)2/h6-10,15-16H,5H2,1-4H3. The summed E-state index contributed by atoms with van der Waals surface area (Å²) in [5, 5.41) is 7.94. The number of nitrogens with one attached hydrogen (secondary N) is 1. The van der Waals surface area contributed by atoms with Crippen LogP contribution in [0.25, 0.3) is 0 Å². The van der Waals surface area contributed by atoms with Crippen LogP contribution < -0.4 is 5.32 Å². The number of benzene rings is 1. The maximum absolute atomic E-state index is 4.53. The highest BCUT2D eigenvalue weighted by Crippen LogP contribution is 2.26. The molecule has 1 atom stereocenters. The molecule has 0 spiro atoms. The van der Waals surface area contributed by atoms with E-state index in [0.717, 1.165) is 6.42 Å². The lowest BCUT2D eigenvalue weighted by Crippen LogP contribution is -2.19. The van der Waals surface area contributed by atoms with Crippen molar-refractivity contribution in [2.24, 2.45) is 7.05 Å². The average molecular weight is 243 g/mol. The molecule has 0 bridgehead atoms. The fraction of sp³-hybridized carbons (Fsp3) is 0.400. The van der Waals surface area contributed by atoms with E-state index in [1.54, 1.807) is 0 Å². The number of nitrogens with zero attached hydrogens (tertiary/aromatic N) is 2. The van der Waals surface area contributed by atoms with Crippen LogP contribution in [0.3, 0.4) is 0 Å². The van der Waals surface area contributed by atoms with Gasteiger partial charge in [0.2, 0.25) is 0 Å². The number of aromatic nitrogens is 2. The van der Waals surface area contributed by atoms with Crippen molar-refractivity contribution in [2.75, 3.05) is 7.05 Å². The van der Waals surface area contributed by atoms with Gasteiger partial charge in [0, 0.05) is 18.8 Å². The molecule has 3 heteroatoms. The van der Waals surface area contributed by atoms with Crippen molar-refractivity contribution in [2.45, 2.75) is 26.3 Å². The molecule has 1 unspecified atom stereocenters. The molecule has 0 saturated heterocycles. The van der Waals surface area contributed by atoms with Gasteiger partial charge < -0.3 is 5.32 Å². The van der Waals surface area contributed by atoms with Gasteiger partial charge in [-0.15, -0.1) is 0 Å². The van der Waals surface area contributed by atoms with Gasteiger partial charge in [-0.2, -0.15) is 5.10 Å². The van der Waals surface area contributed by atoms with Gasteiger partial charge in [0.05, 0.1) is 11.7 Å². The monoisotopic (exact) mass is 243 g/mol. The van der Waals surface area contributed by atoms with Crippen LogP contribution in [0.5, 0.6) is 0 Å². The topological polar surface area (TPSA) is 29.9 Å². The zero-order valence-corrected chi connectivity index (χ0v) is 11.6. The first kappa shape index (κ1) is 12.8. The molecule has 96 valence electrons. The van der Waals surface area contributed by atoms with Crippen LogP contribution in [0.1, 0.15) is 35.3 Å². The van der Waals surface area contributed by atoms with E-state index in [1.807, 2.05) is 18.8 Å². The van der Waals surface area contributed by atoms with Crippen LogP contribution in [0.15, 0.2) is 30.5 Å². The van der Waals surface area contributed by atoms with Gasteiger partial charge in [-0.1, -0.05) is 31.2 Å². The Kier molecular flexibility index (Phi) is 3.82. The summed E-state index contributed by atoms with van der Waals surface area (Å²) in [6.45, 7) is 4.30. The molecule has 2 aromatic rings. The van der Waals surface area contributed by atoms with E-state index in [4.69, 9.17) is 0 Å². The lowest BCUT2D eigenvalue weighted by atomic mass is 9.95. The maximum Gasteiger partial charge on any atom is 0.0673 e. The van der Waals surface area contributed by atoms with Crippen LogP contribution in [0.2, 0.25) is 0 Å². The second-order valence-corrected chi connectivity index (χ2v) is 4.64. The molecular formula is C15H21N3. The van der Waals surface area contributed by atoms with E-state index in [9.17, 15) is 0 Å². The lowest BCUT2D eigenvalue weighted by Gasteiger charge is -2.18. The fourth-order valence-corrected chi connectivity index (χ4v) is 2.46. The quantitative estimate of drug-likeness (QED) is 0.894. The summed E-state index contributed by atoms with van der Waals surface area (Å²) in [6, 6.07) is 8.73. The molecular weight excluding hydrogens is 222 g/mol. The minimum atomic E-state index is 0.217. The van der Waals surface area contributed by atoms with Gasteiger partial charge in [-0.25, -0.2) is 0 Å². The molecule has 1 aromatic carbocycles. The molecule has 3 nitrogen and oxygen atoms in total. The minimum absolute atomic E-state index is 0.217. The molecule has 1 N–H and O–H groups in total. The summed E-state index contributed by atoms with van der Waals surface area (Å²) in [5.74, 6) is 0. The highest BCUT2D eigenvalue weighted by molar-refractivity contribution is 5.37. The van der Waals surface area contributed by atoms with Crippen molar-refractivity contribution in [1.82, 2.24) is 15.1 Å². The predicted octanol–water partition coefficient (Wildman–Crippen LogP) is 2.60. The Bertz CT molecular complexity index is 528. The molecule has 1 heterocycles. The number of hydrogen-bond acceptors (Lipinski definition) is 2. The lowest BCUT2D eigenvalue weighted by molar-refractivity contribution is 0.680. The van der Waals surface area contributed by atoms with Crippen molar-refractivity contribution in [1.29, 1.82) is 0 Å². The van der Waals surface area contributed by atoms with Crippen molar-refractivity contribution >= 4 is 0 Å². The van der Waals surface area contributed by atoms with E-state index in [0.29, 0.717) is 0 Å². The van der Waals surface area contributed by atoms with Crippen LogP contribution in [0.4, 0.5) is 0 Å². The zero-order chi connectivity index (χ0) is 13.1. The van der Waals surface area contributed by atoms with Crippen molar-refractivity contribution in [3.8, 4) is 0 Å². The van der Waals surface area contributed by atoms with Gasteiger partial charge in [-0.3, -0.25) is 4.68 Å². The van der Waals surface area contributed by atoms with E-state index in [-0.39, 0.29) is 6.04 Å². The third-order valence-electron chi connectivity index (χ3n) is 3.37. The van der Waals surface area contributed by atoms with Crippen LogP contribution >= 0.6 is 0 Å². The molecule has 18 heavy (non-hydrogen) atoms. The summed E-state index contributed by atoms with van der Waals surface area (Å²) in [6.07, 6.45) is 3.08. The molecule has 0 fully saturated rings. The van der Waals surface area contributed by atoms with Gasteiger partial charge in [0.15, 0.2) is 0 Å². The minimum Gasteiger partial charge on any atom is -0.309 e. The number of hydrogen-bond donors (Lipinski definition) is 1. The fourth-order valence-electron chi connectivity index (χ4n) is 2.46. The second-order valence-electron chi connectivity index (χ2n) is 4.64. The van der Waals surface area contributed by atoms with Gasteiger partial charge >= 0.3 is 0 Å². The van der Waals surface area contributed by atoms with Crippen molar-refractivity contribution in [3.05, 3.63) is 52.8 Å². The zero-order valence-electron chi connectivity index (χ0n) is 11.6. The van der Waals surface area contributed by atoms with E-state index in [2.05, 4.69) is 54.7 Å². The first-order valence-electron chi connectivity index (χ1n) is 6.42. The Labute approximate surface area is 109 Å². The highest BCUT2D eigenvalue weighted by atomic mass is 15.3. The molecule has 0 radical (unpaired) electrons. The Morgan fingerprint density at radius 3 is 2.61 bits per heavy atom. The third-order valence-corrected chi connectivity index (χ3v) is 3.37. The summed E-state index contributed by atoms with van der Waals surface area (Å²) in [4.78, 5) is 0. The molecule has 0 aliphatic carbocycles. The Morgan fingerprint density at radius 1 is 1.28 bits per heavy atom. The van der Waals surface area contributed by atoms with E-state index < -0.39 is 0 Å². The van der Waals surface area contributed by atoms with Crippen molar-refractivity contribution < 1.29 is 0 Å². The normalized spacial score (nSPS) is 12.7. The molecule has 0 saturated carbocycles. The Balaban J connectivity index is 2.48. The second kappa shape index (κ2) is 5.36. The van der Waals surface area contributed by atoms with E-state index >= 15 is 0 Å². The molecule has 0 aliphatic rings. The molecule has 0 aliphatic heterocycles. The Hall–Kier alpha value is -1.61. The summed E-state index contributed by atoms with van der Waals surface area (Å²) < 4.78 is 1.90. The smallest absolute Gasteiger partial charge is 0.0673 e. The largest absolute Gasteiger partial charge is 0.309 e. The SMILES string of the molecule is CCc1nn(C)cc1C(NC)c1ccccc1C. The van der Waals surface area contributed by atoms with Gasteiger partial charge in [0.1, 0.15) is 0 Å². The maximum atomic E-state index is 4.53. The van der Waals surface area contributed by atoms with Crippen LogP contribution in [-0.4, -0.2) is 16.8 Å². The molecule has 0 amide bonds. The molecule has 1 aromatic heterocycles. The van der Waals surface area contributed by atoms with Gasteiger partial charge in [-0.05, 0) is 31.5 Å². The van der Waals surface area contributed by atoms with E-state index in [1.165, 1.54) is 22.4 Å². The first-order valence-corrected chi connectivity index (χ1v) is 6.42. The summed E-state index contributed by atoms with van der Waals surface area (Å²) in [7, 11) is 3.98. The van der Waals surface area contributed by atoms with Crippen LogP contribution in [0, 0.1) is 6.92 Å². The number of rotatable bonds is 4. The number of aryl methyl sites for hydroxylation is 3. The Morgan fingerprint density at radius 2 is 2.00 bits per heavy atom. The summed E-state index contributed by atoms with van der Waals surface area (Å²) >= 11 is 0. The first-order chi connectivity index (χ1) is 8.67. The average Bonchev–Trinajstić information content (AvgIpc) is 2.74. The van der Waals surface area contributed by atoms with Crippen molar-refractivity contribution in [3.63, 3.8) is 0 Å². The van der Waals surface area contributed by atoms with Gasteiger partial charge in [0.25, 0.3) is 0 Å².